The number of nitrogens with two attached hydrogens (primary N) is 1. The maximum Gasteiger partial charge on any atom is 0.136 e. The third kappa shape index (κ3) is 2.92. The van der Waals surface area contributed by atoms with Crippen LogP contribution in [-0.4, -0.2) is 24.5 Å². The van der Waals surface area contributed by atoms with Crippen LogP contribution in [0.25, 0.3) is 0 Å². The average molecular weight is 301 g/mol. The molecule has 1 aromatic rings. The molecular formula is C13H21BrN2O. The second-order valence-electron chi connectivity index (χ2n) is 5.58. The number of hydrogen-bond donors (Lipinski definition) is 1. The molecule has 0 amide bonds. The summed E-state index contributed by atoms with van der Waals surface area (Å²) in [5, 5.41) is 0. The van der Waals surface area contributed by atoms with Gasteiger partial charge in [-0.3, -0.25) is 4.90 Å². The van der Waals surface area contributed by atoms with Crippen LogP contribution in [0.3, 0.4) is 0 Å². The lowest BCUT2D eigenvalue weighted by Crippen LogP contribution is -2.42. The van der Waals surface area contributed by atoms with Gasteiger partial charge >= 0.3 is 0 Å². The van der Waals surface area contributed by atoms with Crippen LogP contribution in [0.2, 0.25) is 0 Å². The number of rotatable bonds is 3. The van der Waals surface area contributed by atoms with Gasteiger partial charge in [0.1, 0.15) is 5.76 Å². The molecule has 3 nitrogen and oxygen atoms in total. The summed E-state index contributed by atoms with van der Waals surface area (Å²) in [5.41, 5.74) is 6.38. The van der Waals surface area contributed by atoms with Gasteiger partial charge in [0.25, 0.3) is 0 Å². The lowest BCUT2D eigenvalue weighted by molar-refractivity contribution is 0.0867. The van der Waals surface area contributed by atoms with E-state index in [4.69, 9.17) is 10.2 Å². The Balaban J connectivity index is 2.08. The first kappa shape index (κ1) is 13.1. The third-order valence-corrected chi connectivity index (χ3v) is 4.42. The summed E-state index contributed by atoms with van der Waals surface area (Å²) in [7, 11) is 0. The summed E-state index contributed by atoms with van der Waals surface area (Å²) in [6, 6.07) is 2.14. The van der Waals surface area contributed by atoms with Crippen LogP contribution in [0.5, 0.6) is 0 Å². The van der Waals surface area contributed by atoms with E-state index in [0.717, 1.165) is 23.3 Å². The minimum atomic E-state index is 0.204. The maximum absolute atomic E-state index is 5.91. The summed E-state index contributed by atoms with van der Waals surface area (Å²) < 4.78 is 6.58. The van der Waals surface area contributed by atoms with Crippen LogP contribution in [0, 0.1) is 5.41 Å². The molecule has 1 aliphatic rings. The number of piperidine rings is 1. The first-order valence-electron chi connectivity index (χ1n) is 6.20. The maximum atomic E-state index is 5.91. The largest absolute Gasteiger partial charge is 0.466 e. The summed E-state index contributed by atoms with van der Waals surface area (Å²) in [6.45, 7) is 7.48. The molecule has 0 saturated carbocycles. The Bertz CT molecular complexity index is 365. The second-order valence-corrected chi connectivity index (χ2v) is 6.44. The Labute approximate surface area is 111 Å². The van der Waals surface area contributed by atoms with Crippen molar-refractivity contribution in [3.63, 3.8) is 0 Å². The molecule has 0 aromatic carbocycles. The number of halogens is 1. The molecule has 1 unspecified atom stereocenters. The van der Waals surface area contributed by atoms with Gasteiger partial charge in [-0.15, -0.1) is 0 Å². The molecule has 1 fully saturated rings. The highest BCUT2D eigenvalue weighted by Crippen LogP contribution is 2.35. The Morgan fingerprint density at radius 1 is 1.47 bits per heavy atom. The first-order chi connectivity index (χ1) is 8.03. The van der Waals surface area contributed by atoms with Crippen LogP contribution >= 0.6 is 15.9 Å². The van der Waals surface area contributed by atoms with E-state index in [-0.39, 0.29) is 6.04 Å². The van der Waals surface area contributed by atoms with E-state index in [9.17, 15) is 0 Å². The van der Waals surface area contributed by atoms with Crippen molar-refractivity contribution in [2.24, 2.45) is 11.1 Å². The highest BCUT2D eigenvalue weighted by Gasteiger charge is 2.31. The smallest absolute Gasteiger partial charge is 0.136 e. The number of furan rings is 1. The molecule has 1 aromatic heterocycles. The van der Waals surface area contributed by atoms with E-state index < -0.39 is 0 Å². The number of nitrogens with zero attached hydrogens (tertiary/aromatic N) is 1. The van der Waals surface area contributed by atoms with Crippen LogP contribution in [0.15, 0.2) is 21.2 Å². The van der Waals surface area contributed by atoms with E-state index in [0.29, 0.717) is 12.0 Å². The van der Waals surface area contributed by atoms with E-state index in [1.165, 1.54) is 12.8 Å². The van der Waals surface area contributed by atoms with E-state index in [1.807, 2.05) is 6.07 Å². The van der Waals surface area contributed by atoms with Crippen molar-refractivity contribution < 1.29 is 4.42 Å². The first-order valence-corrected chi connectivity index (χ1v) is 7.00. The monoisotopic (exact) mass is 300 g/mol. The lowest BCUT2D eigenvalue weighted by atomic mass is 9.82. The SMILES string of the molecule is CC1(C)CCN(C(CN)c2occc2Br)CC1. The molecule has 0 spiro atoms. The average Bonchev–Trinajstić information content (AvgIpc) is 2.69. The van der Waals surface area contributed by atoms with Gasteiger partial charge in [0.05, 0.1) is 16.8 Å². The molecule has 96 valence electrons. The van der Waals surface area contributed by atoms with Crippen LogP contribution in [0.4, 0.5) is 0 Å². The van der Waals surface area contributed by atoms with Crippen molar-refractivity contribution in [3.05, 3.63) is 22.6 Å². The predicted molar refractivity (Wildman–Crippen MR) is 72.8 cm³/mol. The zero-order chi connectivity index (χ0) is 12.5. The molecule has 4 heteroatoms. The van der Waals surface area contributed by atoms with Crippen molar-refractivity contribution in [3.8, 4) is 0 Å². The minimum absolute atomic E-state index is 0.204. The Morgan fingerprint density at radius 3 is 2.59 bits per heavy atom. The van der Waals surface area contributed by atoms with Gasteiger partial charge in [-0.1, -0.05) is 13.8 Å². The molecule has 17 heavy (non-hydrogen) atoms. The zero-order valence-electron chi connectivity index (χ0n) is 10.6. The number of likely N-dealkylation sites (tertiary alicyclic amines) is 1. The fraction of sp³-hybridized carbons (Fsp3) is 0.692. The zero-order valence-corrected chi connectivity index (χ0v) is 12.2. The third-order valence-electron chi connectivity index (χ3n) is 3.76. The van der Waals surface area contributed by atoms with Crippen molar-refractivity contribution in [1.29, 1.82) is 0 Å². The molecule has 0 radical (unpaired) electrons. The molecular weight excluding hydrogens is 280 g/mol. The highest BCUT2D eigenvalue weighted by molar-refractivity contribution is 9.10. The van der Waals surface area contributed by atoms with Gasteiger partial charge in [0.2, 0.25) is 0 Å². The van der Waals surface area contributed by atoms with Crippen molar-refractivity contribution >= 4 is 15.9 Å². The van der Waals surface area contributed by atoms with Crippen LogP contribution in [0.1, 0.15) is 38.5 Å². The van der Waals surface area contributed by atoms with Gasteiger partial charge in [-0.05, 0) is 53.3 Å². The molecule has 1 atom stereocenters. The standard InChI is InChI=1S/C13H21BrN2O/c1-13(2)4-6-16(7-5-13)11(9-15)12-10(14)3-8-17-12/h3,8,11H,4-7,9,15H2,1-2H3. The summed E-state index contributed by atoms with van der Waals surface area (Å²) in [5.74, 6) is 0.965. The van der Waals surface area contributed by atoms with Gasteiger partial charge in [-0.2, -0.15) is 0 Å². The van der Waals surface area contributed by atoms with Gasteiger partial charge in [-0.25, -0.2) is 0 Å². The van der Waals surface area contributed by atoms with Crippen LogP contribution < -0.4 is 5.73 Å². The Hall–Kier alpha value is -0.320. The molecule has 2 heterocycles. The molecule has 2 rings (SSSR count). The minimum Gasteiger partial charge on any atom is -0.466 e. The summed E-state index contributed by atoms with van der Waals surface area (Å²) >= 11 is 3.52. The molecule has 1 aliphatic heterocycles. The van der Waals surface area contributed by atoms with Gasteiger partial charge in [0, 0.05) is 6.54 Å². The Kier molecular flexibility index (Phi) is 3.95. The van der Waals surface area contributed by atoms with Gasteiger partial charge < -0.3 is 10.2 Å². The summed E-state index contributed by atoms with van der Waals surface area (Å²) in [6.07, 6.45) is 4.17. The van der Waals surface area contributed by atoms with Crippen molar-refractivity contribution in [2.75, 3.05) is 19.6 Å². The van der Waals surface area contributed by atoms with Gasteiger partial charge in [0.15, 0.2) is 0 Å². The van der Waals surface area contributed by atoms with Crippen LogP contribution in [-0.2, 0) is 0 Å². The van der Waals surface area contributed by atoms with Crippen molar-refractivity contribution in [2.45, 2.75) is 32.7 Å². The lowest BCUT2D eigenvalue weighted by Gasteiger charge is -2.40. The second kappa shape index (κ2) is 5.12. The molecule has 0 aliphatic carbocycles. The Morgan fingerprint density at radius 2 is 2.12 bits per heavy atom. The molecule has 2 N–H and O–H groups in total. The topological polar surface area (TPSA) is 42.4 Å². The van der Waals surface area contributed by atoms with E-state index in [1.54, 1.807) is 6.26 Å². The highest BCUT2D eigenvalue weighted by atomic mass is 79.9. The predicted octanol–water partition coefficient (Wildman–Crippen LogP) is 3.16. The van der Waals surface area contributed by atoms with E-state index in [2.05, 4.69) is 34.7 Å². The molecule has 0 bridgehead atoms. The summed E-state index contributed by atoms with van der Waals surface area (Å²) in [4.78, 5) is 2.44. The number of hydrogen-bond acceptors (Lipinski definition) is 3. The van der Waals surface area contributed by atoms with E-state index >= 15 is 0 Å². The molecule has 1 saturated heterocycles. The normalized spacial score (nSPS) is 22.6. The van der Waals surface area contributed by atoms with Crippen molar-refractivity contribution in [1.82, 2.24) is 4.90 Å². The fourth-order valence-electron chi connectivity index (χ4n) is 2.41. The fourth-order valence-corrected chi connectivity index (χ4v) is 2.87. The quantitative estimate of drug-likeness (QED) is 0.932.